The van der Waals surface area contributed by atoms with Crippen molar-refractivity contribution in [3.8, 4) is 5.75 Å². The lowest BCUT2D eigenvalue weighted by Gasteiger charge is -2.45. The normalized spacial score (nSPS) is 18.7. The fourth-order valence-corrected chi connectivity index (χ4v) is 3.87. The summed E-state index contributed by atoms with van der Waals surface area (Å²) in [5.74, 6) is 0.847. The van der Waals surface area contributed by atoms with Crippen molar-refractivity contribution in [3.63, 3.8) is 0 Å². The molecule has 2 aliphatic rings. The highest BCUT2D eigenvalue weighted by Crippen LogP contribution is 2.34. The summed E-state index contributed by atoms with van der Waals surface area (Å²) in [4.78, 5) is 29.7. The molecule has 142 valence electrons. The van der Waals surface area contributed by atoms with Crippen LogP contribution in [0.3, 0.4) is 0 Å². The van der Waals surface area contributed by atoms with Crippen molar-refractivity contribution >= 4 is 11.8 Å². The van der Waals surface area contributed by atoms with Crippen molar-refractivity contribution in [2.45, 2.75) is 24.8 Å². The number of nitrogens with zero attached hydrogens (tertiary/aromatic N) is 4. The number of hydrogen-bond donors (Lipinski definition) is 0. The maximum Gasteiger partial charge on any atom is 0.253 e. The van der Waals surface area contributed by atoms with Crippen molar-refractivity contribution in [2.24, 2.45) is 0 Å². The highest BCUT2D eigenvalue weighted by Gasteiger charge is 2.47. The molecule has 0 spiro atoms. The van der Waals surface area contributed by atoms with Crippen LogP contribution >= 0.6 is 0 Å². The number of carbonyl (C=O) groups excluding carboxylic acids is 2. The Kier molecular flexibility index (Phi) is 4.59. The number of hydrogen-bond acceptors (Lipinski definition) is 4. The van der Waals surface area contributed by atoms with Crippen LogP contribution in [0.4, 0.5) is 0 Å². The van der Waals surface area contributed by atoms with Crippen LogP contribution in [0.2, 0.25) is 0 Å². The maximum absolute atomic E-state index is 13.2. The average Bonchev–Trinajstić information content (AvgIpc) is 3.21. The number of carbonyl (C=O) groups is 2. The largest absolute Gasteiger partial charge is 0.497 e. The Bertz CT molecular complexity index is 804. The molecule has 0 atom stereocenters. The Labute approximate surface area is 158 Å². The van der Waals surface area contributed by atoms with Crippen LogP contribution in [0.5, 0.6) is 5.75 Å². The SMILES string of the molecule is COc1ccc(C(=O)N2CCC(C(=O)N3CCC3)(n3cccn3)CC2)cc1. The first-order chi connectivity index (χ1) is 13.1. The van der Waals surface area contributed by atoms with Crippen LogP contribution in [0, 0.1) is 0 Å². The van der Waals surface area contributed by atoms with Gasteiger partial charge in [0.2, 0.25) is 0 Å². The molecule has 7 nitrogen and oxygen atoms in total. The summed E-state index contributed by atoms with van der Waals surface area (Å²) < 4.78 is 6.95. The quantitative estimate of drug-likeness (QED) is 0.825. The second kappa shape index (κ2) is 7.06. The minimum Gasteiger partial charge on any atom is -0.497 e. The molecule has 1 aromatic heterocycles. The van der Waals surface area contributed by atoms with E-state index in [0.717, 1.165) is 25.3 Å². The minimum atomic E-state index is -0.680. The molecule has 0 saturated carbocycles. The summed E-state index contributed by atoms with van der Waals surface area (Å²) in [5.41, 5.74) is -0.0443. The van der Waals surface area contributed by atoms with Gasteiger partial charge in [0.05, 0.1) is 7.11 Å². The molecule has 0 bridgehead atoms. The van der Waals surface area contributed by atoms with Gasteiger partial charge < -0.3 is 14.5 Å². The number of piperidine rings is 1. The highest BCUT2D eigenvalue weighted by atomic mass is 16.5. The molecule has 2 fully saturated rings. The molecule has 1 aromatic carbocycles. The van der Waals surface area contributed by atoms with Crippen LogP contribution in [-0.4, -0.2) is 64.7 Å². The fraction of sp³-hybridized carbons (Fsp3) is 0.450. The third-order valence-corrected chi connectivity index (χ3v) is 5.70. The standard InChI is InChI=1S/C20H24N4O3/c1-27-17-6-4-16(5-7-17)18(25)22-14-8-20(9-15-22,24-13-2-10-21-24)19(26)23-11-3-12-23/h2,4-7,10,13H,3,8-9,11-12,14-15H2,1H3. The van der Waals surface area contributed by atoms with Gasteiger partial charge in [-0.15, -0.1) is 0 Å². The van der Waals surface area contributed by atoms with E-state index in [2.05, 4.69) is 5.10 Å². The van der Waals surface area contributed by atoms with E-state index >= 15 is 0 Å². The lowest BCUT2D eigenvalue weighted by molar-refractivity contribution is -0.147. The number of aromatic nitrogens is 2. The Morgan fingerprint density at radius 3 is 2.26 bits per heavy atom. The first kappa shape index (κ1) is 17.6. The molecule has 2 saturated heterocycles. The number of methoxy groups -OCH3 is 1. The van der Waals surface area contributed by atoms with Gasteiger partial charge in [-0.05, 0) is 49.6 Å². The number of benzene rings is 1. The van der Waals surface area contributed by atoms with Gasteiger partial charge in [-0.2, -0.15) is 5.10 Å². The molecular formula is C20H24N4O3. The summed E-state index contributed by atoms with van der Waals surface area (Å²) in [6.45, 7) is 2.70. The monoisotopic (exact) mass is 368 g/mol. The number of amides is 2. The third-order valence-electron chi connectivity index (χ3n) is 5.70. The van der Waals surface area contributed by atoms with E-state index in [1.807, 2.05) is 22.1 Å². The fourth-order valence-electron chi connectivity index (χ4n) is 3.87. The molecule has 4 rings (SSSR count). The summed E-state index contributed by atoms with van der Waals surface area (Å²) >= 11 is 0. The second-order valence-corrected chi connectivity index (χ2v) is 7.15. The lowest BCUT2D eigenvalue weighted by atomic mass is 9.85. The van der Waals surface area contributed by atoms with Crippen molar-refractivity contribution in [2.75, 3.05) is 33.3 Å². The van der Waals surface area contributed by atoms with Crippen LogP contribution < -0.4 is 4.74 Å². The number of rotatable bonds is 4. The predicted molar refractivity (Wildman–Crippen MR) is 99.5 cm³/mol. The van der Waals surface area contributed by atoms with Crippen LogP contribution in [0.25, 0.3) is 0 Å². The van der Waals surface area contributed by atoms with E-state index in [1.165, 1.54) is 0 Å². The predicted octanol–water partition coefficient (Wildman–Crippen LogP) is 1.76. The second-order valence-electron chi connectivity index (χ2n) is 7.15. The Balaban J connectivity index is 1.51. The Morgan fingerprint density at radius 1 is 1.04 bits per heavy atom. The average molecular weight is 368 g/mol. The molecular weight excluding hydrogens is 344 g/mol. The molecule has 0 unspecified atom stereocenters. The molecule has 27 heavy (non-hydrogen) atoms. The molecule has 2 aromatic rings. The maximum atomic E-state index is 13.2. The third kappa shape index (κ3) is 3.07. The van der Waals surface area contributed by atoms with Crippen molar-refractivity contribution in [1.29, 1.82) is 0 Å². The van der Waals surface area contributed by atoms with Gasteiger partial charge in [0.1, 0.15) is 11.3 Å². The summed E-state index contributed by atoms with van der Waals surface area (Å²) in [6, 6.07) is 8.99. The van der Waals surface area contributed by atoms with Crippen molar-refractivity contribution in [3.05, 3.63) is 48.3 Å². The highest BCUT2D eigenvalue weighted by molar-refractivity contribution is 5.94. The van der Waals surface area contributed by atoms with Gasteiger partial charge in [0.25, 0.3) is 11.8 Å². The first-order valence-corrected chi connectivity index (χ1v) is 9.37. The summed E-state index contributed by atoms with van der Waals surface area (Å²) in [5, 5.41) is 4.37. The molecule has 0 N–H and O–H groups in total. The van der Waals surface area contributed by atoms with E-state index in [0.29, 0.717) is 31.5 Å². The van der Waals surface area contributed by atoms with Gasteiger partial charge >= 0.3 is 0 Å². The Morgan fingerprint density at radius 2 is 1.74 bits per heavy atom. The topological polar surface area (TPSA) is 67.7 Å². The van der Waals surface area contributed by atoms with E-state index in [-0.39, 0.29) is 11.8 Å². The molecule has 0 radical (unpaired) electrons. The van der Waals surface area contributed by atoms with Crippen LogP contribution in [-0.2, 0) is 10.3 Å². The molecule has 7 heteroatoms. The number of ether oxygens (including phenoxy) is 1. The van der Waals surface area contributed by atoms with Crippen molar-refractivity contribution in [1.82, 2.24) is 19.6 Å². The van der Waals surface area contributed by atoms with Gasteiger partial charge in [-0.3, -0.25) is 14.3 Å². The van der Waals surface area contributed by atoms with E-state index in [4.69, 9.17) is 4.74 Å². The zero-order valence-electron chi connectivity index (χ0n) is 15.5. The number of likely N-dealkylation sites (tertiary alicyclic amines) is 2. The summed E-state index contributed by atoms with van der Waals surface area (Å²) in [6.07, 6.45) is 5.78. The molecule has 3 heterocycles. The summed E-state index contributed by atoms with van der Waals surface area (Å²) in [7, 11) is 1.60. The van der Waals surface area contributed by atoms with Gasteiger partial charge in [-0.25, -0.2) is 0 Å². The zero-order valence-corrected chi connectivity index (χ0v) is 15.5. The van der Waals surface area contributed by atoms with Gasteiger partial charge in [0.15, 0.2) is 0 Å². The van der Waals surface area contributed by atoms with Gasteiger partial charge in [-0.1, -0.05) is 0 Å². The van der Waals surface area contributed by atoms with Crippen LogP contribution in [0.15, 0.2) is 42.7 Å². The van der Waals surface area contributed by atoms with Crippen molar-refractivity contribution < 1.29 is 14.3 Å². The van der Waals surface area contributed by atoms with E-state index in [1.54, 1.807) is 42.3 Å². The minimum absolute atomic E-state index is 0.0110. The van der Waals surface area contributed by atoms with Crippen LogP contribution in [0.1, 0.15) is 29.6 Å². The molecule has 2 amide bonds. The first-order valence-electron chi connectivity index (χ1n) is 9.37. The van der Waals surface area contributed by atoms with Gasteiger partial charge in [0, 0.05) is 44.1 Å². The van der Waals surface area contributed by atoms with E-state index < -0.39 is 5.54 Å². The smallest absolute Gasteiger partial charge is 0.253 e. The lowest BCUT2D eigenvalue weighted by Crippen LogP contribution is -2.59. The molecule has 2 aliphatic heterocycles. The molecule has 0 aliphatic carbocycles. The van der Waals surface area contributed by atoms with E-state index in [9.17, 15) is 9.59 Å². The zero-order chi connectivity index (χ0) is 18.9. The Hall–Kier alpha value is -2.83.